The Morgan fingerprint density at radius 2 is 1.93 bits per heavy atom. The van der Waals surface area contributed by atoms with E-state index in [-0.39, 0.29) is 25.0 Å². The van der Waals surface area contributed by atoms with Gasteiger partial charge in [-0.25, -0.2) is 18.4 Å². The molecule has 2 unspecified atom stereocenters. The summed E-state index contributed by atoms with van der Waals surface area (Å²) in [5.74, 6) is -1.62. The molecule has 1 aromatic heterocycles. The van der Waals surface area contributed by atoms with Crippen LogP contribution in [0.5, 0.6) is 0 Å². The molecule has 3 N–H and O–H groups in total. The molecule has 0 amide bonds. The third kappa shape index (κ3) is 4.19. The van der Waals surface area contributed by atoms with E-state index in [1.54, 1.807) is 6.92 Å². The number of aromatic nitrogens is 3. The summed E-state index contributed by atoms with van der Waals surface area (Å²) in [7, 11) is 0. The van der Waals surface area contributed by atoms with Crippen molar-refractivity contribution < 1.29 is 18.6 Å². The number of hydrogen-bond acceptors (Lipinski definition) is 5. The number of nitrogens with two attached hydrogens (primary N) is 1. The van der Waals surface area contributed by atoms with Crippen molar-refractivity contribution in [2.45, 2.75) is 37.6 Å². The number of hydrogen-bond donors (Lipinski definition) is 2. The first-order valence-electron chi connectivity index (χ1n) is 9.34. The monoisotopic (exact) mass is 402 g/mol. The minimum Gasteiger partial charge on any atom is -0.381 e. The maximum atomic E-state index is 14.6. The highest BCUT2D eigenvalue weighted by Crippen LogP contribution is 2.41. The minimum absolute atomic E-state index is 0.0601. The van der Waals surface area contributed by atoms with E-state index < -0.39 is 22.9 Å². The average Bonchev–Trinajstić information content (AvgIpc) is 3.26. The Balaban J connectivity index is 1.88. The van der Waals surface area contributed by atoms with Crippen molar-refractivity contribution in [3.8, 4) is 0 Å². The van der Waals surface area contributed by atoms with E-state index in [9.17, 15) is 13.9 Å². The topological polar surface area (TPSA) is 86.2 Å². The Morgan fingerprint density at radius 3 is 2.55 bits per heavy atom. The number of nitrogens with zero attached hydrogens (tertiary/aromatic N) is 3. The molecular weight excluding hydrogens is 378 g/mol. The van der Waals surface area contributed by atoms with Crippen LogP contribution in [0, 0.1) is 11.6 Å². The van der Waals surface area contributed by atoms with E-state index in [2.05, 4.69) is 10.1 Å². The molecule has 29 heavy (non-hydrogen) atoms. The van der Waals surface area contributed by atoms with Gasteiger partial charge in [0.05, 0.1) is 13.2 Å². The fraction of sp³-hybridized carbons (Fsp3) is 0.333. The molecule has 3 rings (SSSR count). The summed E-state index contributed by atoms with van der Waals surface area (Å²) in [4.78, 5) is 3.91. The Bertz CT molecular complexity index is 924. The summed E-state index contributed by atoms with van der Waals surface area (Å²) >= 11 is 0. The SMILES string of the molecule is CCC(O)(c1ccc(F)cc1F)C(N)(CCOCc1ccccc1)n1cncn1. The predicted molar refractivity (Wildman–Crippen MR) is 103 cm³/mol. The normalized spacial score (nSPS) is 15.6. The molecule has 0 bridgehead atoms. The number of rotatable bonds is 9. The van der Waals surface area contributed by atoms with Crippen LogP contribution in [0.4, 0.5) is 8.78 Å². The van der Waals surface area contributed by atoms with Crippen LogP contribution in [0.3, 0.4) is 0 Å². The lowest BCUT2D eigenvalue weighted by Gasteiger charge is -2.44. The molecule has 0 radical (unpaired) electrons. The van der Waals surface area contributed by atoms with Gasteiger partial charge in [-0.3, -0.25) is 0 Å². The number of ether oxygens (including phenoxy) is 1. The van der Waals surface area contributed by atoms with Gasteiger partial charge in [0.2, 0.25) is 0 Å². The van der Waals surface area contributed by atoms with Crippen LogP contribution in [-0.2, 0) is 22.6 Å². The van der Waals surface area contributed by atoms with Crippen molar-refractivity contribution in [2.75, 3.05) is 6.61 Å². The van der Waals surface area contributed by atoms with Gasteiger partial charge in [-0.05, 0) is 18.1 Å². The van der Waals surface area contributed by atoms with Gasteiger partial charge in [0.15, 0.2) is 0 Å². The summed E-state index contributed by atoms with van der Waals surface area (Å²) in [6.07, 6.45) is 2.82. The van der Waals surface area contributed by atoms with Crippen molar-refractivity contribution in [3.05, 3.63) is 83.9 Å². The lowest BCUT2D eigenvalue weighted by molar-refractivity contribution is -0.106. The van der Waals surface area contributed by atoms with E-state index in [1.165, 1.54) is 23.4 Å². The average molecular weight is 402 g/mol. The summed E-state index contributed by atoms with van der Waals surface area (Å²) in [5.41, 5.74) is 4.07. The van der Waals surface area contributed by atoms with Crippen molar-refractivity contribution in [1.29, 1.82) is 0 Å². The van der Waals surface area contributed by atoms with Gasteiger partial charge in [-0.2, -0.15) is 5.10 Å². The highest BCUT2D eigenvalue weighted by Gasteiger charge is 2.51. The number of aliphatic hydroxyl groups is 1. The first-order chi connectivity index (χ1) is 13.9. The maximum Gasteiger partial charge on any atom is 0.147 e. The van der Waals surface area contributed by atoms with Gasteiger partial charge in [-0.15, -0.1) is 0 Å². The van der Waals surface area contributed by atoms with Gasteiger partial charge >= 0.3 is 0 Å². The van der Waals surface area contributed by atoms with Crippen LogP contribution >= 0.6 is 0 Å². The Kier molecular flexibility index (Phi) is 6.36. The van der Waals surface area contributed by atoms with Gasteiger partial charge in [0.1, 0.15) is 35.6 Å². The van der Waals surface area contributed by atoms with Crippen LogP contribution in [0.15, 0.2) is 61.2 Å². The van der Waals surface area contributed by atoms with Crippen molar-refractivity contribution in [3.63, 3.8) is 0 Å². The zero-order chi connectivity index (χ0) is 20.9. The van der Waals surface area contributed by atoms with E-state index >= 15 is 0 Å². The molecule has 154 valence electrons. The van der Waals surface area contributed by atoms with Crippen LogP contribution < -0.4 is 5.73 Å². The number of halogens is 2. The summed E-state index contributed by atoms with van der Waals surface area (Å²) in [5, 5.41) is 15.6. The molecule has 1 heterocycles. The fourth-order valence-corrected chi connectivity index (χ4v) is 3.47. The molecule has 0 saturated heterocycles. The fourth-order valence-electron chi connectivity index (χ4n) is 3.47. The molecule has 0 aliphatic heterocycles. The second-order valence-corrected chi connectivity index (χ2v) is 6.89. The van der Waals surface area contributed by atoms with Crippen molar-refractivity contribution >= 4 is 0 Å². The summed E-state index contributed by atoms with van der Waals surface area (Å²) < 4.78 is 35.0. The van der Waals surface area contributed by atoms with Crippen LogP contribution in [0.2, 0.25) is 0 Å². The Hall–Kier alpha value is -2.68. The second kappa shape index (κ2) is 8.77. The molecule has 8 heteroatoms. The lowest BCUT2D eigenvalue weighted by atomic mass is 9.77. The molecule has 0 fully saturated rings. The maximum absolute atomic E-state index is 14.6. The minimum atomic E-state index is -1.88. The molecule has 2 aromatic carbocycles. The van der Waals surface area contributed by atoms with Crippen LogP contribution in [0.1, 0.15) is 30.9 Å². The Morgan fingerprint density at radius 1 is 1.17 bits per heavy atom. The van der Waals surface area contributed by atoms with Gasteiger partial charge in [0.25, 0.3) is 0 Å². The second-order valence-electron chi connectivity index (χ2n) is 6.89. The van der Waals surface area contributed by atoms with Gasteiger partial charge in [0, 0.05) is 18.1 Å². The smallest absolute Gasteiger partial charge is 0.147 e. The van der Waals surface area contributed by atoms with Crippen molar-refractivity contribution in [2.24, 2.45) is 5.73 Å². The third-order valence-corrected chi connectivity index (χ3v) is 5.17. The predicted octanol–water partition coefficient (Wildman–Crippen LogP) is 3.07. The zero-order valence-corrected chi connectivity index (χ0v) is 16.1. The van der Waals surface area contributed by atoms with Crippen LogP contribution in [0.25, 0.3) is 0 Å². The first-order valence-corrected chi connectivity index (χ1v) is 9.34. The molecule has 6 nitrogen and oxygen atoms in total. The van der Waals surface area contributed by atoms with Crippen molar-refractivity contribution in [1.82, 2.24) is 14.8 Å². The first kappa shape index (κ1) is 21.0. The standard InChI is InChI=1S/C21H24F2N4O2/c1-2-20(28,18-9-8-17(22)12-19(18)23)21(24,27-15-25-14-26-27)10-11-29-13-16-6-4-3-5-7-16/h3-9,12,14-15,28H,2,10-11,13,24H2,1H3. The van der Waals surface area contributed by atoms with E-state index in [0.29, 0.717) is 6.61 Å². The summed E-state index contributed by atoms with van der Waals surface area (Å²) in [6.45, 7) is 2.21. The zero-order valence-electron chi connectivity index (χ0n) is 16.1. The highest BCUT2D eigenvalue weighted by molar-refractivity contribution is 5.28. The molecular formula is C21H24F2N4O2. The van der Waals surface area contributed by atoms with E-state index in [4.69, 9.17) is 10.5 Å². The number of benzene rings is 2. The van der Waals surface area contributed by atoms with Gasteiger partial charge in [-0.1, -0.05) is 43.3 Å². The Labute approximate surface area is 168 Å². The molecule has 0 spiro atoms. The van der Waals surface area contributed by atoms with E-state index in [1.807, 2.05) is 30.3 Å². The highest BCUT2D eigenvalue weighted by atomic mass is 19.1. The van der Waals surface area contributed by atoms with Gasteiger partial charge < -0.3 is 15.6 Å². The molecule has 2 atom stereocenters. The quantitative estimate of drug-likeness (QED) is 0.537. The lowest BCUT2D eigenvalue weighted by Crippen LogP contribution is -2.60. The van der Waals surface area contributed by atoms with Crippen LogP contribution in [-0.4, -0.2) is 26.5 Å². The third-order valence-electron chi connectivity index (χ3n) is 5.17. The molecule has 0 saturated carbocycles. The molecule has 3 aromatic rings. The largest absolute Gasteiger partial charge is 0.381 e. The molecule has 0 aliphatic rings. The summed E-state index contributed by atoms with van der Waals surface area (Å²) in [6, 6.07) is 12.6. The molecule has 0 aliphatic carbocycles. The van der Waals surface area contributed by atoms with E-state index in [0.717, 1.165) is 17.7 Å².